The van der Waals surface area contributed by atoms with E-state index in [1.807, 2.05) is 23.2 Å². The summed E-state index contributed by atoms with van der Waals surface area (Å²) >= 11 is 0. The van der Waals surface area contributed by atoms with Gasteiger partial charge in [-0.25, -0.2) is 9.78 Å². The Labute approximate surface area is 244 Å². The molecule has 1 aromatic carbocycles. The van der Waals surface area contributed by atoms with Crippen LogP contribution in [0.5, 0.6) is 0 Å². The molecule has 4 saturated carbocycles. The van der Waals surface area contributed by atoms with E-state index in [1.165, 1.54) is 24.9 Å². The van der Waals surface area contributed by atoms with E-state index in [9.17, 15) is 9.90 Å². The molecule has 0 radical (unpaired) electrons. The first-order chi connectivity index (χ1) is 19.7. The van der Waals surface area contributed by atoms with E-state index in [0.717, 1.165) is 62.1 Å². The Morgan fingerprint density at radius 2 is 1.66 bits per heavy atom. The summed E-state index contributed by atoms with van der Waals surface area (Å²) in [5.41, 5.74) is 3.46. The molecule has 8 heteroatoms. The maximum Gasteiger partial charge on any atom is 0.322 e. The Morgan fingerprint density at radius 1 is 0.951 bits per heavy atom. The zero-order chi connectivity index (χ0) is 28.4. The highest BCUT2D eigenvalue weighted by atomic mass is 16.3. The van der Waals surface area contributed by atoms with Crippen molar-refractivity contribution in [1.82, 2.24) is 15.2 Å². The lowest BCUT2D eigenvalue weighted by Crippen LogP contribution is -2.62. The average Bonchev–Trinajstić information content (AvgIpc) is 2.98. The number of fused-ring (bicyclic) bond motifs is 1. The van der Waals surface area contributed by atoms with Gasteiger partial charge in [0.2, 0.25) is 0 Å². The average molecular weight is 559 g/mol. The molecule has 0 spiro atoms. The van der Waals surface area contributed by atoms with Crippen LogP contribution in [0.2, 0.25) is 0 Å². The minimum atomic E-state index is 0.0188. The monoisotopic (exact) mass is 558 g/mol. The van der Waals surface area contributed by atoms with E-state index in [4.69, 9.17) is 4.98 Å². The molecule has 5 fully saturated rings. The fourth-order valence-corrected chi connectivity index (χ4v) is 9.01. The number of nitrogens with zero attached hydrogens (tertiary/aromatic N) is 5. The molecule has 8 nitrogen and oxygen atoms in total. The highest BCUT2D eigenvalue weighted by Gasteiger charge is 2.55. The van der Waals surface area contributed by atoms with E-state index < -0.39 is 0 Å². The van der Waals surface area contributed by atoms with Crippen LogP contribution in [0.15, 0.2) is 42.6 Å². The first-order valence-corrected chi connectivity index (χ1v) is 15.7. The second-order valence-electron chi connectivity index (χ2n) is 14.4. The second kappa shape index (κ2) is 10.2. The summed E-state index contributed by atoms with van der Waals surface area (Å²) < 4.78 is 0. The van der Waals surface area contributed by atoms with Crippen molar-refractivity contribution < 1.29 is 9.90 Å². The van der Waals surface area contributed by atoms with Crippen LogP contribution >= 0.6 is 0 Å². The van der Waals surface area contributed by atoms with Gasteiger partial charge in [0.15, 0.2) is 0 Å². The van der Waals surface area contributed by atoms with Gasteiger partial charge in [-0.3, -0.25) is 9.80 Å². The first-order valence-electron chi connectivity index (χ1n) is 15.7. The number of nitrogens with one attached hydrogen (secondary N) is 1. The van der Waals surface area contributed by atoms with Gasteiger partial charge in [0.1, 0.15) is 5.82 Å². The van der Waals surface area contributed by atoms with Gasteiger partial charge in [-0.15, -0.1) is 0 Å². The summed E-state index contributed by atoms with van der Waals surface area (Å²) in [5, 5.41) is 13.6. The van der Waals surface area contributed by atoms with Crippen molar-refractivity contribution in [1.29, 1.82) is 0 Å². The van der Waals surface area contributed by atoms with Crippen LogP contribution in [-0.2, 0) is 0 Å². The SMILES string of the molecule is CC(C)(C)N1CCN(c2ccc(N3CCN(C(=O)NC4[C@@H]5CC6C[C@H]4CC(CO)(C6)C5)c4ccccc43)nc2)CC1. The third kappa shape index (κ3) is 4.87. The maximum atomic E-state index is 13.8. The smallest absolute Gasteiger partial charge is 0.322 e. The molecule has 3 heterocycles. The number of aromatic nitrogens is 1. The van der Waals surface area contributed by atoms with E-state index in [-0.39, 0.29) is 23.0 Å². The first kappa shape index (κ1) is 27.0. The maximum absolute atomic E-state index is 13.8. The Bertz CT molecular complexity index is 1250. The number of pyridine rings is 1. The zero-order valence-electron chi connectivity index (χ0n) is 24.9. The predicted octanol–water partition coefficient (Wildman–Crippen LogP) is 4.86. The summed E-state index contributed by atoms with van der Waals surface area (Å²) in [6.45, 7) is 12.6. The molecule has 4 bridgehead atoms. The number of benzene rings is 1. The Balaban J connectivity index is 1.04. The van der Waals surface area contributed by atoms with Crippen molar-refractivity contribution in [3.8, 4) is 0 Å². The van der Waals surface area contributed by atoms with Gasteiger partial charge >= 0.3 is 6.03 Å². The van der Waals surface area contributed by atoms with Crippen molar-refractivity contribution in [3.05, 3.63) is 42.6 Å². The zero-order valence-corrected chi connectivity index (χ0v) is 24.9. The molecular weight excluding hydrogens is 512 g/mol. The minimum Gasteiger partial charge on any atom is -0.396 e. The van der Waals surface area contributed by atoms with Crippen LogP contribution in [0.1, 0.15) is 52.9 Å². The Hall–Kier alpha value is -2.84. The summed E-state index contributed by atoms with van der Waals surface area (Å²) in [6, 6.07) is 12.8. The molecule has 8 rings (SSSR count). The van der Waals surface area contributed by atoms with Crippen molar-refractivity contribution in [2.24, 2.45) is 23.2 Å². The number of aliphatic hydroxyl groups is 1. The van der Waals surface area contributed by atoms with E-state index in [0.29, 0.717) is 31.5 Å². The summed E-state index contributed by atoms with van der Waals surface area (Å²) in [4.78, 5) is 27.8. The fraction of sp³-hybridized carbons (Fsp3) is 0.636. The highest BCUT2D eigenvalue weighted by Crippen LogP contribution is 2.59. The van der Waals surface area contributed by atoms with Crippen LogP contribution in [-0.4, -0.2) is 78.5 Å². The lowest BCUT2D eigenvalue weighted by molar-refractivity contribution is -0.0963. The summed E-state index contributed by atoms with van der Waals surface area (Å²) in [7, 11) is 0. The number of carbonyl (C=O) groups excluding carboxylic acids is 1. The molecule has 1 aromatic heterocycles. The molecule has 5 atom stereocenters. The summed E-state index contributed by atoms with van der Waals surface area (Å²) in [5.74, 6) is 2.63. The molecule has 41 heavy (non-hydrogen) atoms. The molecule has 6 aliphatic rings. The van der Waals surface area contributed by atoms with Crippen molar-refractivity contribution in [3.63, 3.8) is 0 Å². The number of rotatable bonds is 4. The van der Waals surface area contributed by atoms with Crippen LogP contribution in [0, 0.1) is 23.2 Å². The molecule has 2 amide bonds. The molecule has 3 unspecified atom stereocenters. The molecule has 220 valence electrons. The minimum absolute atomic E-state index is 0.0188. The number of anilines is 4. The normalized spacial score (nSPS) is 31.4. The van der Waals surface area contributed by atoms with Crippen molar-refractivity contribution in [2.45, 2.75) is 64.5 Å². The Kier molecular flexibility index (Phi) is 6.69. The van der Waals surface area contributed by atoms with Gasteiger partial charge in [0.05, 0.1) is 23.3 Å². The van der Waals surface area contributed by atoms with Gasteiger partial charge in [0.25, 0.3) is 0 Å². The largest absolute Gasteiger partial charge is 0.396 e. The summed E-state index contributed by atoms with van der Waals surface area (Å²) in [6.07, 6.45) is 7.69. The van der Waals surface area contributed by atoms with E-state index >= 15 is 0 Å². The molecule has 1 saturated heterocycles. The molecule has 2 aromatic rings. The molecule has 2 N–H and O–H groups in total. The van der Waals surface area contributed by atoms with Crippen LogP contribution in [0.25, 0.3) is 0 Å². The molecule has 2 aliphatic heterocycles. The number of amides is 2. The van der Waals surface area contributed by atoms with Gasteiger partial charge < -0.3 is 20.2 Å². The lowest BCUT2D eigenvalue weighted by atomic mass is 9.48. The van der Waals surface area contributed by atoms with Crippen LogP contribution in [0.3, 0.4) is 0 Å². The quantitative estimate of drug-likeness (QED) is 0.559. The number of hydrogen-bond donors (Lipinski definition) is 2. The predicted molar refractivity (Wildman–Crippen MR) is 164 cm³/mol. The lowest BCUT2D eigenvalue weighted by Gasteiger charge is -2.59. The number of carbonyl (C=O) groups is 1. The van der Waals surface area contributed by atoms with Crippen LogP contribution in [0.4, 0.5) is 27.7 Å². The number of hydrogen-bond acceptors (Lipinski definition) is 6. The van der Waals surface area contributed by atoms with Gasteiger partial charge in [-0.2, -0.15) is 0 Å². The van der Waals surface area contributed by atoms with E-state index in [2.05, 4.69) is 65.1 Å². The molecule has 4 aliphatic carbocycles. The highest BCUT2D eigenvalue weighted by molar-refractivity contribution is 5.98. The fourth-order valence-electron chi connectivity index (χ4n) is 9.01. The van der Waals surface area contributed by atoms with Crippen molar-refractivity contribution in [2.75, 3.05) is 60.6 Å². The van der Waals surface area contributed by atoms with Crippen molar-refractivity contribution >= 4 is 28.9 Å². The van der Waals surface area contributed by atoms with E-state index in [1.54, 1.807) is 0 Å². The Morgan fingerprint density at radius 3 is 2.29 bits per heavy atom. The number of piperazine rings is 1. The third-order valence-corrected chi connectivity index (χ3v) is 10.9. The standard InChI is InChI=1S/C33H46N6O2/c1-32(2,3)37-12-10-36(11-13-37)26-8-9-29(34-21-26)38-14-15-39(28-7-5-4-6-27(28)38)31(41)35-30-24-16-23-17-25(30)20-33(18-23,19-24)22-40/h4-9,21,23-25,30,40H,10-20,22H2,1-3H3,(H,35,41)/t23?,24-,25+,30?,33?. The topological polar surface area (TPSA) is 75.2 Å². The second-order valence-corrected chi connectivity index (χ2v) is 14.4. The third-order valence-electron chi connectivity index (χ3n) is 10.9. The van der Waals surface area contributed by atoms with Crippen LogP contribution < -0.4 is 20.0 Å². The van der Waals surface area contributed by atoms with Gasteiger partial charge in [-0.1, -0.05) is 12.1 Å². The van der Waals surface area contributed by atoms with Gasteiger partial charge in [-0.05, 0) is 100 Å². The van der Waals surface area contributed by atoms with Gasteiger partial charge in [0, 0.05) is 57.5 Å². The number of para-hydroxylation sites is 2. The molecular formula is C33H46N6O2. The number of urea groups is 1. The number of aliphatic hydroxyl groups excluding tert-OH is 1.